The topological polar surface area (TPSA) is 26.2 Å². The van der Waals surface area contributed by atoms with Crippen LogP contribution in [0.1, 0.15) is 11.8 Å². The molecule has 1 atom stereocenters. The number of hydrogen-bond donors (Lipinski definition) is 1. The number of thiophene rings is 1. The van der Waals surface area contributed by atoms with Crippen molar-refractivity contribution in [1.82, 2.24) is 4.57 Å². The number of aromatic nitrogens is 1. The summed E-state index contributed by atoms with van der Waals surface area (Å²) < 4.78 is 11.4. The number of para-hydroxylation sites is 2. The molecule has 0 spiro atoms. The normalized spacial score (nSPS) is 15.0. The Kier molecular flexibility index (Phi) is 3.87. The lowest BCUT2D eigenvalue weighted by Gasteiger charge is -2.14. The largest absolute Gasteiger partial charge is 0.464 e. The standard InChI is InChI=1S/C31H20N2OS/c1-4-10-25-21(7-1)22-8-2-5-11-26(22)33(25)20-15-13-19(14-16-20)31-32-24-17-18-28-29(30(24)34-31)23-9-3-6-12-27(23)35-28/h1-18,31-32H. The van der Waals surface area contributed by atoms with Crippen molar-refractivity contribution in [2.45, 2.75) is 6.23 Å². The number of nitrogens with zero attached hydrogens (tertiary/aromatic N) is 1. The molecule has 0 amide bonds. The van der Waals surface area contributed by atoms with Gasteiger partial charge in [-0.05, 0) is 42.5 Å². The summed E-state index contributed by atoms with van der Waals surface area (Å²) in [6, 6.07) is 38.8. The maximum Gasteiger partial charge on any atom is 0.196 e. The Morgan fingerprint density at radius 1 is 0.629 bits per heavy atom. The minimum Gasteiger partial charge on any atom is -0.464 e. The first-order valence-electron chi connectivity index (χ1n) is 11.8. The van der Waals surface area contributed by atoms with Crippen molar-refractivity contribution in [3.8, 4) is 11.4 Å². The van der Waals surface area contributed by atoms with Crippen LogP contribution in [0.5, 0.6) is 5.75 Å². The third-order valence-corrected chi connectivity index (χ3v) is 8.19. The predicted molar refractivity (Wildman–Crippen MR) is 147 cm³/mol. The third-order valence-electron chi connectivity index (χ3n) is 7.05. The van der Waals surface area contributed by atoms with Gasteiger partial charge in [-0.25, -0.2) is 0 Å². The zero-order valence-corrected chi connectivity index (χ0v) is 19.5. The number of fused-ring (bicyclic) bond motifs is 8. The maximum absolute atomic E-state index is 6.53. The Labute approximate surface area is 205 Å². The van der Waals surface area contributed by atoms with Crippen LogP contribution in [0.2, 0.25) is 0 Å². The number of benzene rings is 5. The molecule has 8 rings (SSSR count). The van der Waals surface area contributed by atoms with E-state index in [9.17, 15) is 0 Å². The van der Waals surface area contributed by atoms with E-state index in [4.69, 9.17) is 4.74 Å². The van der Waals surface area contributed by atoms with Crippen LogP contribution in [0, 0.1) is 0 Å². The summed E-state index contributed by atoms with van der Waals surface area (Å²) in [5.41, 5.74) is 5.75. The predicted octanol–water partition coefficient (Wildman–Crippen LogP) is 8.65. The number of nitrogens with one attached hydrogen (secondary N) is 1. The highest BCUT2D eigenvalue weighted by Crippen LogP contribution is 2.48. The molecule has 0 saturated carbocycles. The molecule has 4 heteroatoms. The van der Waals surface area contributed by atoms with E-state index in [1.165, 1.54) is 42.0 Å². The van der Waals surface area contributed by atoms with E-state index in [0.717, 1.165) is 22.7 Å². The molecular formula is C31H20N2OS. The van der Waals surface area contributed by atoms with Crippen molar-refractivity contribution in [1.29, 1.82) is 0 Å². The fraction of sp³-hybridized carbons (Fsp3) is 0.0323. The van der Waals surface area contributed by atoms with Crippen molar-refractivity contribution in [2.24, 2.45) is 0 Å². The van der Waals surface area contributed by atoms with Gasteiger partial charge < -0.3 is 14.6 Å². The zero-order chi connectivity index (χ0) is 22.9. The molecule has 5 aromatic carbocycles. The van der Waals surface area contributed by atoms with Gasteiger partial charge in [-0.2, -0.15) is 0 Å². The van der Waals surface area contributed by atoms with Gasteiger partial charge in [-0.1, -0.05) is 66.7 Å². The van der Waals surface area contributed by atoms with Gasteiger partial charge in [0, 0.05) is 42.2 Å². The quantitative estimate of drug-likeness (QED) is 0.275. The molecule has 1 unspecified atom stereocenters. The Morgan fingerprint density at radius 3 is 2.03 bits per heavy atom. The van der Waals surface area contributed by atoms with Crippen LogP contribution in [-0.4, -0.2) is 4.57 Å². The Bertz CT molecular complexity index is 1860. The molecule has 1 aliphatic rings. The summed E-state index contributed by atoms with van der Waals surface area (Å²) >= 11 is 1.82. The fourth-order valence-corrected chi connectivity index (χ4v) is 6.56. The first-order valence-corrected chi connectivity index (χ1v) is 12.6. The Morgan fingerprint density at radius 2 is 1.29 bits per heavy atom. The molecule has 3 nitrogen and oxygen atoms in total. The van der Waals surface area contributed by atoms with Crippen molar-refractivity contribution in [2.75, 3.05) is 5.32 Å². The second-order valence-electron chi connectivity index (χ2n) is 9.02. The average molecular weight is 469 g/mol. The average Bonchev–Trinajstić information content (AvgIpc) is 3.60. The van der Waals surface area contributed by atoms with Crippen LogP contribution in [-0.2, 0) is 0 Å². The molecule has 0 saturated heterocycles. The van der Waals surface area contributed by atoms with Crippen LogP contribution >= 0.6 is 11.3 Å². The molecule has 0 aliphatic carbocycles. The van der Waals surface area contributed by atoms with Crippen molar-refractivity contribution < 1.29 is 4.74 Å². The molecular weight excluding hydrogens is 448 g/mol. The number of rotatable bonds is 2. The van der Waals surface area contributed by atoms with E-state index >= 15 is 0 Å². The minimum absolute atomic E-state index is 0.207. The van der Waals surface area contributed by atoms with Gasteiger partial charge in [0.05, 0.1) is 16.7 Å². The van der Waals surface area contributed by atoms with Crippen LogP contribution in [0.3, 0.4) is 0 Å². The first kappa shape index (κ1) is 19.1. The second kappa shape index (κ2) is 7.11. The highest BCUT2D eigenvalue weighted by molar-refractivity contribution is 7.25. The van der Waals surface area contributed by atoms with Gasteiger partial charge >= 0.3 is 0 Å². The number of ether oxygens (including phenoxy) is 1. The van der Waals surface area contributed by atoms with E-state index in [1.54, 1.807) is 0 Å². The van der Waals surface area contributed by atoms with Gasteiger partial charge in [-0.3, -0.25) is 0 Å². The SMILES string of the molecule is c1ccc2c(c1)sc1ccc3c(c12)OC(c1ccc(-n2c4ccccc4c4ccccc42)cc1)N3. The van der Waals surface area contributed by atoms with Crippen LogP contribution < -0.4 is 10.1 Å². The summed E-state index contributed by atoms with van der Waals surface area (Å²) in [5, 5.41) is 8.60. The van der Waals surface area contributed by atoms with E-state index < -0.39 is 0 Å². The van der Waals surface area contributed by atoms with E-state index in [1.807, 2.05) is 11.3 Å². The summed E-state index contributed by atoms with van der Waals surface area (Å²) in [4.78, 5) is 0. The number of anilines is 1. The van der Waals surface area contributed by atoms with Crippen molar-refractivity contribution in [3.05, 3.63) is 115 Å². The zero-order valence-electron chi connectivity index (χ0n) is 18.7. The molecule has 2 aromatic heterocycles. The molecule has 0 bridgehead atoms. The monoisotopic (exact) mass is 468 g/mol. The molecule has 0 radical (unpaired) electrons. The molecule has 1 N–H and O–H groups in total. The highest BCUT2D eigenvalue weighted by Gasteiger charge is 2.27. The van der Waals surface area contributed by atoms with Crippen molar-refractivity contribution >= 4 is 59.0 Å². The second-order valence-corrected chi connectivity index (χ2v) is 10.1. The van der Waals surface area contributed by atoms with Crippen LogP contribution in [0.25, 0.3) is 47.7 Å². The lowest BCUT2D eigenvalue weighted by molar-refractivity contribution is 0.263. The molecule has 3 heterocycles. The Balaban J connectivity index is 1.20. The fourth-order valence-electron chi connectivity index (χ4n) is 5.46. The summed E-state index contributed by atoms with van der Waals surface area (Å²) in [5.74, 6) is 0.955. The van der Waals surface area contributed by atoms with Gasteiger partial charge in [0.2, 0.25) is 0 Å². The van der Waals surface area contributed by atoms with E-state index in [2.05, 4.69) is 119 Å². The van der Waals surface area contributed by atoms with Crippen LogP contribution in [0.15, 0.2) is 109 Å². The number of hydrogen-bond acceptors (Lipinski definition) is 3. The van der Waals surface area contributed by atoms with Gasteiger partial charge in [0.15, 0.2) is 12.0 Å². The lowest BCUT2D eigenvalue weighted by atomic mass is 10.1. The van der Waals surface area contributed by atoms with E-state index in [-0.39, 0.29) is 6.23 Å². The smallest absolute Gasteiger partial charge is 0.196 e. The Hall–Kier alpha value is -4.28. The van der Waals surface area contributed by atoms with Gasteiger partial charge in [0.25, 0.3) is 0 Å². The van der Waals surface area contributed by atoms with Gasteiger partial charge in [0.1, 0.15) is 0 Å². The summed E-state index contributed by atoms with van der Waals surface area (Å²) in [6.07, 6.45) is -0.207. The van der Waals surface area contributed by atoms with Crippen LogP contribution in [0.4, 0.5) is 5.69 Å². The van der Waals surface area contributed by atoms with Gasteiger partial charge in [-0.15, -0.1) is 11.3 Å². The lowest BCUT2D eigenvalue weighted by Crippen LogP contribution is -2.10. The maximum atomic E-state index is 6.53. The molecule has 1 aliphatic heterocycles. The highest BCUT2D eigenvalue weighted by atomic mass is 32.1. The molecule has 35 heavy (non-hydrogen) atoms. The molecule has 166 valence electrons. The van der Waals surface area contributed by atoms with E-state index in [0.29, 0.717) is 0 Å². The van der Waals surface area contributed by atoms with Crippen molar-refractivity contribution in [3.63, 3.8) is 0 Å². The first-order chi connectivity index (χ1) is 17.3. The molecule has 7 aromatic rings. The summed E-state index contributed by atoms with van der Waals surface area (Å²) in [6.45, 7) is 0. The minimum atomic E-state index is -0.207. The third kappa shape index (κ3) is 2.71. The molecule has 0 fully saturated rings. The summed E-state index contributed by atoms with van der Waals surface area (Å²) in [7, 11) is 0.